The lowest BCUT2D eigenvalue weighted by molar-refractivity contribution is 0.100. The third-order valence-corrected chi connectivity index (χ3v) is 4.99. The Bertz CT molecular complexity index is 956. The molecule has 2 heterocycles. The molecule has 26 heavy (non-hydrogen) atoms. The van der Waals surface area contributed by atoms with Crippen LogP contribution in [0.3, 0.4) is 0 Å². The molecule has 0 saturated heterocycles. The van der Waals surface area contributed by atoms with Gasteiger partial charge in [-0.2, -0.15) is 5.10 Å². The number of amides is 1. The molecule has 2 N–H and O–H groups in total. The summed E-state index contributed by atoms with van der Waals surface area (Å²) in [5, 5.41) is 5.57. The molecule has 0 radical (unpaired) electrons. The average molecular weight is 349 g/mol. The van der Waals surface area contributed by atoms with E-state index < -0.39 is 0 Å². The van der Waals surface area contributed by atoms with E-state index in [-0.39, 0.29) is 5.91 Å². The fourth-order valence-corrected chi connectivity index (χ4v) is 3.43. The minimum absolute atomic E-state index is 0.387. The van der Waals surface area contributed by atoms with Gasteiger partial charge in [0.25, 0.3) is 0 Å². The van der Waals surface area contributed by atoms with E-state index in [1.165, 1.54) is 24.0 Å². The van der Waals surface area contributed by atoms with Gasteiger partial charge in [0.1, 0.15) is 0 Å². The van der Waals surface area contributed by atoms with Gasteiger partial charge < -0.3 is 5.73 Å². The van der Waals surface area contributed by atoms with Crippen LogP contribution >= 0.6 is 0 Å². The van der Waals surface area contributed by atoms with Crippen LogP contribution in [0.2, 0.25) is 0 Å². The van der Waals surface area contributed by atoms with Gasteiger partial charge in [0.05, 0.1) is 5.69 Å². The minimum atomic E-state index is -0.387. The van der Waals surface area contributed by atoms with Gasteiger partial charge in [0.15, 0.2) is 5.65 Å². The Morgan fingerprint density at radius 1 is 1.23 bits per heavy atom. The number of hydrogen-bond acceptors (Lipinski definition) is 4. The summed E-state index contributed by atoms with van der Waals surface area (Å²) in [5.41, 5.74) is 10.2. The summed E-state index contributed by atoms with van der Waals surface area (Å²) < 4.78 is 1.83. The summed E-state index contributed by atoms with van der Waals surface area (Å²) in [6, 6.07) is 10.4. The zero-order chi connectivity index (χ0) is 18.3. The van der Waals surface area contributed by atoms with E-state index in [4.69, 9.17) is 5.73 Å². The second-order valence-electron chi connectivity index (χ2n) is 7.12. The molecule has 1 aliphatic carbocycles. The van der Waals surface area contributed by atoms with Crippen molar-refractivity contribution >= 4 is 16.9 Å². The fraction of sp³-hybridized carbons (Fsp3) is 0.350. The lowest BCUT2D eigenvalue weighted by Crippen LogP contribution is -2.25. The van der Waals surface area contributed by atoms with E-state index in [0.717, 1.165) is 29.8 Å². The van der Waals surface area contributed by atoms with E-state index in [9.17, 15) is 4.79 Å². The van der Waals surface area contributed by atoms with Crippen LogP contribution in [0.25, 0.3) is 11.0 Å². The van der Waals surface area contributed by atoms with Crippen LogP contribution < -0.4 is 5.73 Å². The molecule has 0 unspecified atom stereocenters. The van der Waals surface area contributed by atoms with Crippen molar-refractivity contribution in [1.29, 1.82) is 0 Å². The second kappa shape index (κ2) is 6.53. The lowest BCUT2D eigenvalue weighted by atomic mass is 10.1. The minimum Gasteiger partial charge on any atom is -0.366 e. The number of carbonyl (C=O) groups is 1. The number of nitrogens with zero attached hydrogens (tertiary/aromatic N) is 4. The van der Waals surface area contributed by atoms with E-state index in [1.807, 2.05) is 37.0 Å². The number of aryl methyl sites for hydroxylation is 2. The highest BCUT2D eigenvalue weighted by Crippen LogP contribution is 2.30. The van der Waals surface area contributed by atoms with Crippen molar-refractivity contribution < 1.29 is 4.79 Å². The largest absolute Gasteiger partial charge is 0.366 e. The van der Waals surface area contributed by atoms with Gasteiger partial charge in [-0.25, -0.2) is 4.98 Å². The normalized spacial score (nSPS) is 14.3. The van der Waals surface area contributed by atoms with E-state index in [2.05, 4.69) is 21.0 Å². The molecule has 134 valence electrons. The number of benzene rings is 1. The highest BCUT2D eigenvalue weighted by molar-refractivity contribution is 5.92. The second-order valence-corrected chi connectivity index (χ2v) is 7.12. The maximum absolute atomic E-state index is 11.2. The van der Waals surface area contributed by atoms with Crippen molar-refractivity contribution in [2.75, 3.05) is 0 Å². The molecule has 2 aromatic heterocycles. The Morgan fingerprint density at radius 3 is 2.58 bits per heavy atom. The van der Waals surface area contributed by atoms with E-state index in [1.54, 1.807) is 12.1 Å². The van der Waals surface area contributed by atoms with Crippen molar-refractivity contribution in [3.8, 4) is 0 Å². The third kappa shape index (κ3) is 3.32. The number of pyridine rings is 1. The first-order valence-corrected chi connectivity index (χ1v) is 8.92. The Labute approximate surface area is 152 Å². The van der Waals surface area contributed by atoms with Crippen LogP contribution in [-0.2, 0) is 20.1 Å². The summed E-state index contributed by atoms with van der Waals surface area (Å²) >= 11 is 0. The van der Waals surface area contributed by atoms with Crippen LogP contribution in [0.5, 0.6) is 0 Å². The van der Waals surface area contributed by atoms with Crippen LogP contribution in [0.15, 0.2) is 36.5 Å². The first-order chi connectivity index (χ1) is 12.5. The first-order valence-electron chi connectivity index (χ1n) is 8.92. The maximum Gasteiger partial charge on any atom is 0.248 e. The predicted octanol–water partition coefficient (Wildman–Crippen LogP) is 2.54. The third-order valence-electron chi connectivity index (χ3n) is 4.99. The van der Waals surface area contributed by atoms with E-state index in [0.29, 0.717) is 11.6 Å². The summed E-state index contributed by atoms with van der Waals surface area (Å²) in [5.74, 6) is -0.387. The smallest absolute Gasteiger partial charge is 0.248 e. The molecule has 0 bridgehead atoms. The molecule has 6 heteroatoms. The van der Waals surface area contributed by atoms with Gasteiger partial charge in [0.2, 0.25) is 5.91 Å². The quantitative estimate of drug-likeness (QED) is 0.742. The van der Waals surface area contributed by atoms with Crippen molar-refractivity contribution in [3.63, 3.8) is 0 Å². The molecule has 0 aliphatic heterocycles. The van der Waals surface area contributed by atoms with Crippen LogP contribution in [0, 0.1) is 6.92 Å². The number of hydrogen-bond donors (Lipinski definition) is 1. The van der Waals surface area contributed by atoms with E-state index >= 15 is 0 Å². The molecule has 1 saturated carbocycles. The topological polar surface area (TPSA) is 77.0 Å². The molecule has 0 atom stereocenters. The molecule has 1 aliphatic rings. The number of aromatic nitrogens is 3. The van der Waals surface area contributed by atoms with Gasteiger partial charge in [-0.1, -0.05) is 12.1 Å². The van der Waals surface area contributed by atoms with Gasteiger partial charge in [-0.05, 0) is 49.1 Å². The van der Waals surface area contributed by atoms with Crippen molar-refractivity contribution in [1.82, 2.24) is 19.7 Å². The zero-order valence-corrected chi connectivity index (χ0v) is 15.1. The highest BCUT2D eigenvalue weighted by Gasteiger charge is 2.29. The maximum atomic E-state index is 11.2. The predicted molar refractivity (Wildman–Crippen MR) is 100 cm³/mol. The first kappa shape index (κ1) is 16.7. The Kier molecular flexibility index (Phi) is 4.20. The molecule has 1 fully saturated rings. The zero-order valence-electron chi connectivity index (χ0n) is 15.1. The van der Waals surface area contributed by atoms with Crippen LogP contribution in [0.4, 0.5) is 0 Å². The molecular formula is C20H23N5O. The number of rotatable bonds is 6. The highest BCUT2D eigenvalue weighted by atomic mass is 16.1. The summed E-state index contributed by atoms with van der Waals surface area (Å²) in [6.45, 7) is 3.74. The standard InChI is InChI=1S/C20H23N5O/c1-13-18-9-15(10-22-20(18)24(2)23-13)12-25(17-7-8-17)11-14-3-5-16(6-4-14)19(21)26/h3-6,9-10,17H,7-8,11-12H2,1-2H3,(H2,21,26). The van der Waals surface area contributed by atoms with Crippen molar-refractivity contribution in [2.45, 2.75) is 38.9 Å². The molecule has 4 rings (SSSR count). The number of primary amides is 1. The molecule has 6 nitrogen and oxygen atoms in total. The fourth-order valence-electron chi connectivity index (χ4n) is 3.43. The summed E-state index contributed by atoms with van der Waals surface area (Å²) in [4.78, 5) is 18.3. The molecule has 0 spiro atoms. The summed E-state index contributed by atoms with van der Waals surface area (Å²) in [6.07, 6.45) is 4.43. The van der Waals surface area contributed by atoms with Crippen LogP contribution in [0.1, 0.15) is 40.0 Å². The summed E-state index contributed by atoms with van der Waals surface area (Å²) in [7, 11) is 1.92. The van der Waals surface area contributed by atoms with Gasteiger partial charge in [-0.3, -0.25) is 14.4 Å². The van der Waals surface area contributed by atoms with Crippen LogP contribution in [-0.4, -0.2) is 31.6 Å². The van der Waals surface area contributed by atoms with Crippen molar-refractivity contribution in [2.24, 2.45) is 12.8 Å². The van der Waals surface area contributed by atoms with Gasteiger partial charge in [0, 0.05) is 43.3 Å². The Hall–Kier alpha value is -2.73. The average Bonchev–Trinajstić information content (AvgIpc) is 3.42. The molecule has 1 amide bonds. The van der Waals surface area contributed by atoms with Gasteiger partial charge in [-0.15, -0.1) is 0 Å². The molecule has 1 aromatic carbocycles. The Morgan fingerprint density at radius 2 is 1.92 bits per heavy atom. The van der Waals surface area contributed by atoms with Crippen molar-refractivity contribution in [3.05, 3.63) is 58.9 Å². The lowest BCUT2D eigenvalue weighted by Gasteiger charge is -2.22. The number of carbonyl (C=O) groups excluding carboxylic acids is 1. The van der Waals surface area contributed by atoms with Gasteiger partial charge >= 0.3 is 0 Å². The number of fused-ring (bicyclic) bond motifs is 1. The molecule has 3 aromatic rings. The number of nitrogens with two attached hydrogens (primary N) is 1. The molecular weight excluding hydrogens is 326 g/mol. The monoisotopic (exact) mass is 349 g/mol. The Balaban J connectivity index is 1.54. The SMILES string of the molecule is Cc1nn(C)c2ncc(CN(Cc3ccc(C(N)=O)cc3)C3CC3)cc12.